The van der Waals surface area contributed by atoms with Crippen molar-refractivity contribution in [3.05, 3.63) is 0 Å². The molecule has 0 heterocycles. The van der Waals surface area contributed by atoms with Crippen LogP contribution in [-0.2, 0) is 4.79 Å². The summed E-state index contributed by atoms with van der Waals surface area (Å²) in [6.07, 6.45) is 3.96. The molecule has 0 spiro atoms. The summed E-state index contributed by atoms with van der Waals surface area (Å²) < 4.78 is 0. The summed E-state index contributed by atoms with van der Waals surface area (Å²) in [4.78, 5) is 24.4. The molecule has 1 aliphatic carbocycles. The first kappa shape index (κ1) is 16.8. The molecule has 0 aromatic rings. The SMILES string of the molecule is CCCN(CCO)C(=O)NCC1CCC(C(=O)O)CC1. The quantitative estimate of drug-likeness (QED) is 0.658. The third-order valence-corrected chi connectivity index (χ3v) is 3.89. The van der Waals surface area contributed by atoms with Crippen molar-refractivity contribution in [2.24, 2.45) is 11.8 Å². The van der Waals surface area contributed by atoms with E-state index < -0.39 is 5.97 Å². The van der Waals surface area contributed by atoms with Gasteiger partial charge in [-0.2, -0.15) is 0 Å². The Morgan fingerprint density at radius 2 is 1.85 bits per heavy atom. The molecule has 0 unspecified atom stereocenters. The van der Waals surface area contributed by atoms with Crippen LogP contribution in [0.2, 0.25) is 0 Å². The summed E-state index contributed by atoms with van der Waals surface area (Å²) in [5.74, 6) is -0.551. The number of carboxylic acid groups (broad SMARTS) is 1. The lowest BCUT2D eigenvalue weighted by Crippen LogP contribution is -2.44. The van der Waals surface area contributed by atoms with E-state index in [1.165, 1.54) is 0 Å². The molecule has 2 amide bonds. The van der Waals surface area contributed by atoms with Crippen LogP contribution >= 0.6 is 0 Å². The Morgan fingerprint density at radius 3 is 2.35 bits per heavy atom. The van der Waals surface area contributed by atoms with E-state index in [4.69, 9.17) is 10.2 Å². The third kappa shape index (κ3) is 5.36. The Bertz CT molecular complexity index is 308. The Morgan fingerprint density at radius 1 is 1.20 bits per heavy atom. The van der Waals surface area contributed by atoms with E-state index in [-0.39, 0.29) is 18.6 Å². The number of aliphatic carboxylic acids is 1. The van der Waals surface area contributed by atoms with Crippen molar-refractivity contribution in [1.82, 2.24) is 10.2 Å². The zero-order chi connectivity index (χ0) is 15.0. The normalized spacial score (nSPS) is 22.3. The van der Waals surface area contributed by atoms with E-state index in [1.807, 2.05) is 6.92 Å². The van der Waals surface area contributed by atoms with Crippen molar-refractivity contribution in [2.75, 3.05) is 26.2 Å². The number of rotatable bonds is 7. The first-order valence-corrected chi connectivity index (χ1v) is 7.44. The Labute approximate surface area is 120 Å². The second kappa shape index (κ2) is 8.79. The highest BCUT2D eigenvalue weighted by Crippen LogP contribution is 2.28. The van der Waals surface area contributed by atoms with Gasteiger partial charge >= 0.3 is 12.0 Å². The van der Waals surface area contributed by atoms with Crippen LogP contribution in [0.15, 0.2) is 0 Å². The molecule has 0 radical (unpaired) electrons. The standard InChI is InChI=1S/C14H26N2O4/c1-2-7-16(8-9-17)14(20)15-10-11-3-5-12(6-4-11)13(18)19/h11-12,17H,2-10H2,1H3,(H,15,20)(H,18,19). The average molecular weight is 286 g/mol. The van der Waals surface area contributed by atoms with Crippen LogP contribution in [0, 0.1) is 11.8 Å². The van der Waals surface area contributed by atoms with Crippen molar-refractivity contribution >= 4 is 12.0 Å². The molecule has 1 aliphatic rings. The summed E-state index contributed by atoms with van der Waals surface area (Å²) >= 11 is 0. The number of hydrogen-bond donors (Lipinski definition) is 3. The molecule has 6 nitrogen and oxygen atoms in total. The zero-order valence-electron chi connectivity index (χ0n) is 12.2. The van der Waals surface area contributed by atoms with Gasteiger partial charge < -0.3 is 20.4 Å². The average Bonchev–Trinajstić information content (AvgIpc) is 2.45. The number of hydrogen-bond acceptors (Lipinski definition) is 3. The number of aliphatic hydroxyl groups excluding tert-OH is 1. The van der Waals surface area contributed by atoms with Crippen LogP contribution in [0.4, 0.5) is 4.79 Å². The van der Waals surface area contributed by atoms with Crippen molar-refractivity contribution in [3.8, 4) is 0 Å². The Hall–Kier alpha value is -1.30. The number of carbonyl (C=O) groups is 2. The fourth-order valence-corrected chi connectivity index (χ4v) is 2.66. The summed E-state index contributed by atoms with van der Waals surface area (Å²) in [6, 6.07) is -0.138. The van der Waals surface area contributed by atoms with Gasteiger partial charge in [0.2, 0.25) is 0 Å². The minimum atomic E-state index is -0.704. The highest BCUT2D eigenvalue weighted by atomic mass is 16.4. The molecule has 1 rings (SSSR count). The number of carboxylic acids is 1. The van der Waals surface area contributed by atoms with E-state index in [1.54, 1.807) is 4.90 Å². The van der Waals surface area contributed by atoms with E-state index in [2.05, 4.69) is 5.32 Å². The summed E-state index contributed by atoms with van der Waals surface area (Å²) in [5.41, 5.74) is 0. The second-order valence-electron chi connectivity index (χ2n) is 5.45. The number of carbonyl (C=O) groups excluding carboxylic acids is 1. The first-order chi connectivity index (χ1) is 9.58. The van der Waals surface area contributed by atoms with Crippen molar-refractivity contribution in [1.29, 1.82) is 0 Å². The van der Waals surface area contributed by atoms with Gasteiger partial charge in [0, 0.05) is 19.6 Å². The van der Waals surface area contributed by atoms with Crippen LogP contribution < -0.4 is 5.32 Å². The summed E-state index contributed by atoms with van der Waals surface area (Å²) in [6.45, 7) is 3.54. The van der Waals surface area contributed by atoms with Crippen LogP contribution in [0.3, 0.4) is 0 Å². The highest BCUT2D eigenvalue weighted by Gasteiger charge is 2.26. The molecule has 6 heteroatoms. The number of nitrogens with zero attached hydrogens (tertiary/aromatic N) is 1. The smallest absolute Gasteiger partial charge is 0.317 e. The third-order valence-electron chi connectivity index (χ3n) is 3.89. The molecule has 0 aromatic carbocycles. The molecule has 0 aromatic heterocycles. The molecule has 0 saturated heterocycles. The maximum Gasteiger partial charge on any atom is 0.317 e. The summed E-state index contributed by atoms with van der Waals surface area (Å²) in [7, 11) is 0. The molecule has 0 aliphatic heterocycles. The molecular weight excluding hydrogens is 260 g/mol. The second-order valence-corrected chi connectivity index (χ2v) is 5.45. The fourth-order valence-electron chi connectivity index (χ4n) is 2.66. The van der Waals surface area contributed by atoms with Crippen molar-refractivity contribution < 1.29 is 19.8 Å². The van der Waals surface area contributed by atoms with E-state index in [0.717, 1.165) is 19.3 Å². The molecule has 116 valence electrons. The van der Waals surface area contributed by atoms with Gasteiger partial charge in [-0.25, -0.2) is 4.79 Å². The van der Waals surface area contributed by atoms with Crippen LogP contribution in [0.1, 0.15) is 39.0 Å². The largest absolute Gasteiger partial charge is 0.481 e. The molecule has 20 heavy (non-hydrogen) atoms. The lowest BCUT2D eigenvalue weighted by Gasteiger charge is -2.28. The molecule has 0 atom stereocenters. The maximum absolute atomic E-state index is 11.9. The zero-order valence-corrected chi connectivity index (χ0v) is 12.2. The molecule has 3 N–H and O–H groups in total. The van der Waals surface area contributed by atoms with Gasteiger partial charge in [0.1, 0.15) is 0 Å². The minimum absolute atomic E-state index is 0.0306. The van der Waals surface area contributed by atoms with Crippen LogP contribution in [0.25, 0.3) is 0 Å². The van der Waals surface area contributed by atoms with E-state index >= 15 is 0 Å². The van der Waals surface area contributed by atoms with Crippen LogP contribution in [0.5, 0.6) is 0 Å². The van der Waals surface area contributed by atoms with Gasteiger partial charge in [0.15, 0.2) is 0 Å². The molecular formula is C14H26N2O4. The monoisotopic (exact) mass is 286 g/mol. The number of nitrogens with one attached hydrogen (secondary N) is 1. The predicted molar refractivity (Wildman–Crippen MR) is 75.4 cm³/mol. The van der Waals surface area contributed by atoms with Crippen molar-refractivity contribution in [2.45, 2.75) is 39.0 Å². The maximum atomic E-state index is 11.9. The van der Waals surface area contributed by atoms with Crippen LogP contribution in [-0.4, -0.2) is 53.4 Å². The van der Waals surface area contributed by atoms with Gasteiger partial charge in [-0.1, -0.05) is 6.92 Å². The topological polar surface area (TPSA) is 89.9 Å². The van der Waals surface area contributed by atoms with Crippen molar-refractivity contribution in [3.63, 3.8) is 0 Å². The number of amides is 2. The first-order valence-electron chi connectivity index (χ1n) is 7.44. The van der Waals surface area contributed by atoms with Gasteiger partial charge in [-0.05, 0) is 38.0 Å². The molecule has 1 fully saturated rings. The fraction of sp³-hybridized carbons (Fsp3) is 0.857. The van der Waals surface area contributed by atoms with Gasteiger partial charge in [-0.3, -0.25) is 4.79 Å². The predicted octanol–water partition coefficient (Wildman–Crippen LogP) is 1.29. The molecule has 1 saturated carbocycles. The lowest BCUT2D eigenvalue weighted by atomic mass is 9.82. The lowest BCUT2D eigenvalue weighted by molar-refractivity contribution is -0.143. The number of aliphatic hydroxyl groups is 1. The molecule has 0 bridgehead atoms. The summed E-state index contributed by atoms with van der Waals surface area (Å²) in [5, 5.41) is 20.8. The van der Waals surface area contributed by atoms with Gasteiger partial charge in [-0.15, -0.1) is 0 Å². The van der Waals surface area contributed by atoms with Gasteiger partial charge in [0.05, 0.1) is 12.5 Å². The highest BCUT2D eigenvalue weighted by molar-refractivity contribution is 5.74. The van der Waals surface area contributed by atoms with E-state index in [0.29, 0.717) is 38.4 Å². The van der Waals surface area contributed by atoms with Gasteiger partial charge in [0.25, 0.3) is 0 Å². The Kier molecular flexibility index (Phi) is 7.36. The van der Waals surface area contributed by atoms with E-state index in [9.17, 15) is 9.59 Å². The minimum Gasteiger partial charge on any atom is -0.481 e. The number of urea groups is 1. The Balaban J connectivity index is 2.29.